The Morgan fingerprint density at radius 2 is 1.73 bits per heavy atom. The van der Waals surface area contributed by atoms with Crippen LogP contribution in [-0.2, 0) is 18.9 Å². The molecular weight excluding hydrogens is 408 g/mol. The Morgan fingerprint density at radius 3 is 2.33 bits per heavy atom. The van der Waals surface area contributed by atoms with Crippen LogP contribution in [0.1, 0.15) is 38.0 Å². The van der Waals surface area contributed by atoms with Crippen LogP contribution < -0.4 is 4.74 Å². The van der Waals surface area contributed by atoms with Crippen LogP contribution >= 0.6 is 0 Å². The molecule has 3 rings (SSSR count). The van der Waals surface area contributed by atoms with Gasteiger partial charge in [-0.05, 0) is 31.4 Å². The monoisotopic (exact) mass is 434 g/mol. The topological polar surface area (TPSA) is 46.2 Å². The van der Waals surface area contributed by atoms with E-state index in [-0.39, 0.29) is 18.1 Å². The molecule has 1 aromatic rings. The maximum atomic E-state index is 13.9. The molecule has 2 saturated heterocycles. The van der Waals surface area contributed by atoms with Gasteiger partial charge in [0.25, 0.3) is 0 Å². The number of alkyl halides is 3. The molecule has 0 atom stereocenters. The van der Waals surface area contributed by atoms with E-state index < -0.39 is 24.2 Å². The van der Waals surface area contributed by atoms with E-state index in [2.05, 4.69) is 23.8 Å². The van der Waals surface area contributed by atoms with Gasteiger partial charge in [-0.1, -0.05) is 25.1 Å². The van der Waals surface area contributed by atoms with Gasteiger partial charge in [0.05, 0.1) is 26.4 Å². The summed E-state index contributed by atoms with van der Waals surface area (Å²) >= 11 is 0. The predicted octanol–water partition coefficient (Wildman–Crippen LogP) is 5.12. The number of hydrogen-bond donors (Lipinski definition) is 0. The lowest BCUT2D eigenvalue weighted by Crippen LogP contribution is -2.33. The molecule has 0 unspecified atom stereocenters. The van der Waals surface area contributed by atoms with Crippen molar-refractivity contribution in [3.8, 4) is 5.75 Å². The van der Waals surface area contributed by atoms with Crippen LogP contribution in [0.25, 0.3) is 0 Å². The van der Waals surface area contributed by atoms with Crippen LogP contribution in [0.2, 0.25) is 0 Å². The highest BCUT2D eigenvalue weighted by atomic mass is 19.4. The zero-order valence-electron chi connectivity index (χ0n) is 16.7. The maximum Gasteiger partial charge on any atom is 0.573 e. The average molecular weight is 434 g/mol. The first-order valence-corrected chi connectivity index (χ1v) is 10.0. The minimum atomic E-state index is -4.95. The summed E-state index contributed by atoms with van der Waals surface area (Å²) in [6.07, 6.45) is 0.669. The number of rotatable bonds is 7. The highest BCUT2D eigenvalue weighted by Crippen LogP contribution is 2.32. The van der Waals surface area contributed by atoms with Crippen molar-refractivity contribution < 1.29 is 41.2 Å². The van der Waals surface area contributed by atoms with Gasteiger partial charge in [-0.15, -0.1) is 13.2 Å². The third-order valence-corrected chi connectivity index (χ3v) is 4.87. The lowest BCUT2D eigenvalue weighted by molar-refractivity contribution is -0.275. The van der Waals surface area contributed by atoms with Crippen molar-refractivity contribution in [1.29, 1.82) is 0 Å². The SMILES string of the molecule is CC/C=C/C1COC(CC[C@H]2CO[C@H](c3ccc(OC(F)(F)F)c(F)c3)OC2)OC1. The molecule has 1 aromatic carbocycles. The molecule has 5 nitrogen and oxygen atoms in total. The minimum Gasteiger partial charge on any atom is -0.403 e. The molecular formula is C21H26F4O5. The summed E-state index contributed by atoms with van der Waals surface area (Å²) in [5, 5.41) is 0. The van der Waals surface area contributed by atoms with Gasteiger partial charge in [0.15, 0.2) is 24.1 Å². The lowest BCUT2D eigenvalue weighted by atomic mass is 10.0. The molecule has 0 amide bonds. The molecule has 2 fully saturated rings. The number of allylic oxidation sites excluding steroid dienone is 1. The highest BCUT2D eigenvalue weighted by molar-refractivity contribution is 5.30. The van der Waals surface area contributed by atoms with Gasteiger partial charge >= 0.3 is 6.36 Å². The van der Waals surface area contributed by atoms with Crippen molar-refractivity contribution in [2.24, 2.45) is 11.8 Å². The third-order valence-electron chi connectivity index (χ3n) is 4.87. The first kappa shape index (κ1) is 23.0. The fraction of sp³-hybridized carbons (Fsp3) is 0.619. The largest absolute Gasteiger partial charge is 0.573 e. The van der Waals surface area contributed by atoms with Crippen molar-refractivity contribution >= 4 is 0 Å². The second kappa shape index (κ2) is 10.6. The van der Waals surface area contributed by atoms with Crippen LogP contribution in [-0.4, -0.2) is 39.1 Å². The Bertz CT molecular complexity index is 693. The quantitative estimate of drug-likeness (QED) is 0.440. The summed E-state index contributed by atoms with van der Waals surface area (Å²) in [4.78, 5) is 0. The fourth-order valence-electron chi connectivity index (χ4n) is 3.31. The normalized spacial score (nSPS) is 28.0. The molecule has 0 aromatic heterocycles. The van der Waals surface area contributed by atoms with Gasteiger partial charge < -0.3 is 23.7 Å². The maximum absolute atomic E-state index is 13.9. The molecule has 0 saturated carbocycles. The van der Waals surface area contributed by atoms with Crippen molar-refractivity contribution in [3.05, 3.63) is 41.7 Å². The van der Waals surface area contributed by atoms with Crippen molar-refractivity contribution in [3.63, 3.8) is 0 Å². The summed E-state index contributed by atoms with van der Waals surface area (Å²) in [6.45, 7) is 4.14. The van der Waals surface area contributed by atoms with E-state index in [9.17, 15) is 17.6 Å². The molecule has 2 aliphatic heterocycles. The van der Waals surface area contributed by atoms with Gasteiger partial charge in [0.2, 0.25) is 0 Å². The first-order valence-electron chi connectivity index (χ1n) is 10.0. The van der Waals surface area contributed by atoms with E-state index in [4.69, 9.17) is 18.9 Å². The van der Waals surface area contributed by atoms with Crippen LogP contribution in [0.15, 0.2) is 30.4 Å². The summed E-state index contributed by atoms with van der Waals surface area (Å²) in [6, 6.07) is 3.14. The predicted molar refractivity (Wildman–Crippen MR) is 99.1 cm³/mol. The zero-order chi connectivity index (χ0) is 21.6. The van der Waals surface area contributed by atoms with Gasteiger partial charge in [-0.25, -0.2) is 4.39 Å². The molecule has 168 valence electrons. The Morgan fingerprint density at radius 1 is 1.03 bits per heavy atom. The van der Waals surface area contributed by atoms with E-state index in [0.717, 1.165) is 25.0 Å². The fourth-order valence-corrected chi connectivity index (χ4v) is 3.31. The Hall–Kier alpha value is -1.68. The summed E-state index contributed by atoms with van der Waals surface area (Å²) in [5.74, 6) is -1.60. The number of ether oxygens (including phenoxy) is 5. The van der Waals surface area contributed by atoms with Gasteiger partial charge in [0, 0.05) is 17.4 Å². The molecule has 9 heteroatoms. The van der Waals surface area contributed by atoms with Crippen molar-refractivity contribution in [1.82, 2.24) is 0 Å². The first-order chi connectivity index (χ1) is 14.3. The summed E-state index contributed by atoms with van der Waals surface area (Å²) in [7, 11) is 0. The summed E-state index contributed by atoms with van der Waals surface area (Å²) in [5.41, 5.74) is 0.297. The van der Waals surface area contributed by atoms with Gasteiger partial charge in [-0.3, -0.25) is 0 Å². The van der Waals surface area contributed by atoms with Crippen molar-refractivity contribution in [2.45, 2.75) is 45.1 Å². The molecule has 0 bridgehead atoms. The lowest BCUT2D eigenvalue weighted by Gasteiger charge is -2.32. The molecule has 0 spiro atoms. The van der Waals surface area contributed by atoms with E-state index in [1.807, 2.05) is 0 Å². The van der Waals surface area contributed by atoms with E-state index in [0.29, 0.717) is 38.4 Å². The number of halogens is 4. The Labute approximate surface area is 172 Å². The second-order valence-electron chi connectivity index (χ2n) is 7.37. The average Bonchev–Trinajstić information content (AvgIpc) is 2.72. The third kappa shape index (κ3) is 6.94. The van der Waals surface area contributed by atoms with E-state index in [1.54, 1.807) is 0 Å². The smallest absolute Gasteiger partial charge is 0.403 e. The minimum absolute atomic E-state index is 0.129. The highest BCUT2D eigenvalue weighted by Gasteiger charge is 2.33. The molecule has 2 aliphatic rings. The second-order valence-corrected chi connectivity index (χ2v) is 7.37. The van der Waals surface area contributed by atoms with E-state index >= 15 is 0 Å². The Balaban J connectivity index is 1.40. The standard InChI is InChI=1S/C21H26F4O5/c1-2-3-4-14-10-26-19(27-11-14)8-5-15-12-28-20(29-13-15)16-6-7-18(17(22)9-16)30-21(23,24)25/h3-4,6-7,9,14-15,19-20H,2,5,8,10-13H2,1H3/b4-3+/t14?,15-,19?,20-. The zero-order valence-corrected chi connectivity index (χ0v) is 16.7. The molecule has 0 N–H and O–H groups in total. The van der Waals surface area contributed by atoms with Crippen LogP contribution in [0.3, 0.4) is 0 Å². The Kier molecular flexibility index (Phi) is 8.10. The molecule has 2 heterocycles. The van der Waals surface area contributed by atoms with Crippen LogP contribution in [0, 0.1) is 17.7 Å². The molecule has 0 radical (unpaired) electrons. The van der Waals surface area contributed by atoms with Crippen LogP contribution in [0.4, 0.5) is 17.6 Å². The van der Waals surface area contributed by atoms with Gasteiger partial charge in [0.1, 0.15) is 0 Å². The van der Waals surface area contributed by atoms with Crippen LogP contribution in [0.5, 0.6) is 5.75 Å². The molecule has 30 heavy (non-hydrogen) atoms. The number of hydrogen-bond acceptors (Lipinski definition) is 5. The van der Waals surface area contributed by atoms with Gasteiger partial charge in [-0.2, -0.15) is 0 Å². The molecule has 0 aliphatic carbocycles. The van der Waals surface area contributed by atoms with E-state index in [1.165, 1.54) is 6.07 Å². The number of benzene rings is 1. The summed E-state index contributed by atoms with van der Waals surface area (Å²) < 4.78 is 76.9. The van der Waals surface area contributed by atoms with Crippen molar-refractivity contribution in [2.75, 3.05) is 26.4 Å².